The first kappa shape index (κ1) is 30.6. The number of rotatable bonds is 9. The number of amides is 3. The van der Waals surface area contributed by atoms with Crippen molar-refractivity contribution in [3.05, 3.63) is 112 Å². The van der Waals surface area contributed by atoms with E-state index in [4.69, 9.17) is 4.74 Å². The first-order valence-corrected chi connectivity index (χ1v) is 15.8. The van der Waals surface area contributed by atoms with Crippen LogP contribution in [0.3, 0.4) is 0 Å². The second kappa shape index (κ2) is 12.8. The number of sulfonamides is 1. The summed E-state index contributed by atoms with van der Waals surface area (Å²) in [6.45, 7) is 2.11. The van der Waals surface area contributed by atoms with Gasteiger partial charge in [-0.3, -0.25) is 14.7 Å². The van der Waals surface area contributed by atoms with E-state index in [1.54, 1.807) is 37.3 Å². The number of aromatic amines is 1. The van der Waals surface area contributed by atoms with Crippen molar-refractivity contribution in [2.75, 3.05) is 13.7 Å². The van der Waals surface area contributed by atoms with Crippen LogP contribution in [0.5, 0.6) is 5.75 Å². The molecule has 0 unspecified atom stereocenters. The minimum Gasteiger partial charge on any atom is -0.496 e. The fourth-order valence-electron chi connectivity index (χ4n) is 5.74. The molecule has 230 valence electrons. The summed E-state index contributed by atoms with van der Waals surface area (Å²) in [4.78, 5) is 38.0. The molecule has 4 aromatic rings. The van der Waals surface area contributed by atoms with E-state index in [1.165, 1.54) is 36.1 Å². The highest BCUT2D eigenvalue weighted by Crippen LogP contribution is 2.39. The van der Waals surface area contributed by atoms with Crippen LogP contribution in [0, 0.1) is 6.92 Å². The van der Waals surface area contributed by atoms with E-state index in [9.17, 15) is 22.8 Å². The van der Waals surface area contributed by atoms with Gasteiger partial charge in [-0.25, -0.2) is 22.6 Å². The third-order valence-corrected chi connectivity index (χ3v) is 9.39. The molecule has 44 heavy (non-hydrogen) atoms. The molecule has 0 radical (unpaired) electrons. The predicted octanol–water partition coefficient (Wildman–Crippen LogP) is 3.78. The Morgan fingerprint density at radius 2 is 1.68 bits per heavy atom. The number of carbonyl (C=O) groups is 2. The molecular weight excluding hydrogens is 582 g/mol. The molecule has 1 fully saturated rings. The van der Waals surface area contributed by atoms with Crippen molar-refractivity contribution in [3.8, 4) is 11.4 Å². The maximum Gasteiger partial charge on any atom is 0.328 e. The van der Waals surface area contributed by atoms with Crippen molar-refractivity contribution < 1.29 is 22.7 Å². The summed E-state index contributed by atoms with van der Waals surface area (Å²) in [6.07, 6.45) is 2.48. The van der Waals surface area contributed by atoms with E-state index in [-0.39, 0.29) is 27.8 Å². The van der Waals surface area contributed by atoms with Crippen LogP contribution in [0.4, 0.5) is 4.79 Å². The number of ether oxygens (including phenoxy) is 1. The van der Waals surface area contributed by atoms with Crippen molar-refractivity contribution >= 4 is 22.0 Å². The molecule has 5 rings (SSSR count). The molecule has 0 atom stereocenters. The number of H-pyrrole nitrogens is 1. The average Bonchev–Trinajstić information content (AvgIpc) is 3.38. The highest BCUT2D eigenvalue weighted by molar-refractivity contribution is 7.90. The lowest BCUT2D eigenvalue weighted by atomic mass is 9.68. The maximum absolute atomic E-state index is 13.1. The van der Waals surface area contributed by atoms with E-state index in [1.807, 2.05) is 30.3 Å². The second-order valence-corrected chi connectivity index (χ2v) is 12.7. The van der Waals surface area contributed by atoms with Gasteiger partial charge < -0.3 is 15.4 Å². The van der Waals surface area contributed by atoms with Crippen molar-refractivity contribution in [2.24, 2.45) is 0 Å². The van der Waals surface area contributed by atoms with Gasteiger partial charge in [-0.2, -0.15) is 0 Å². The standard InChI is InChI=1S/C32H35N5O6S/c1-22-19-29(38)37(35-22)25-11-8-12-26(20-25)44(41,42)36-31(40)34-24-15-17-32(18-16-24,23-9-4-3-5-10-23)21-33-30(39)27-13-6-7-14-28(27)43-2/h3-14,19-20,24,35H,15-18,21H2,1-2H3,(H,33,39)(H2,34,36,40). The Morgan fingerprint density at radius 3 is 2.36 bits per heavy atom. The topological polar surface area (TPSA) is 151 Å². The molecule has 11 nitrogen and oxygen atoms in total. The minimum absolute atomic E-state index is 0.151. The van der Waals surface area contributed by atoms with Gasteiger partial charge in [0.15, 0.2) is 0 Å². The Kier molecular flexibility index (Phi) is 8.91. The van der Waals surface area contributed by atoms with Gasteiger partial charge in [-0.1, -0.05) is 48.5 Å². The molecular formula is C32H35N5O6S. The molecule has 1 aliphatic carbocycles. The fourth-order valence-corrected chi connectivity index (χ4v) is 6.70. The van der Waals surface area contributed by atoms with Gasteiger partial charge in [0.25, 0.3) is 21.5 Å². The van der Waals surface area contributed by atoms with Crippen LogP contribution in [0.25, 0.3) is 5.69 Å². The number of hydrogen-bond donors (Lipinski definition) is 4. The zero-order chi connectivity index (χ0) is 31.3. The zero-order valence-electron chi connectivity index (χ0n) is 24.5. The predicted molar refractivity (Wildman–Crippen MR) is 166 cm³/mol. The van der Waals surface area contributed by atoms with E-state index in [2.05, 4.69) is 20.5 Å². The number of benzene rings is 3. The van der Waals surface area contributed by atoms with Crippen molar-refractivity contribution in [1.29, 1.82) is 0 Å². The molecule has 1 aromatic heterocycles. The smallest absolute Gasteiger partial charge is 0.328 e. The average molecular weight is 618 g/mol. The van der Waals surface area contributed by atoms with Gasteiger partial charge in [0.05, 0.1) is 23.3 Å². The number of carbonyl (C=O) groups excluding carboxylic acids is 2. The van der Waals surface area contributed by atoms with Crippen LogP contribution in [-0.2, 0) is 15.4 Å². The van der Waals surface area contributed by atoms with Gasteiger partial charge in [-0.15, -0.1) is 0 Å². The maximum atomic E-state index is 13.1. The van der Waals surface area contributed by atoms with Gasteiger partial charge in [0, 0.05) is 29.8 Å². The lowest BCUT2D eigenvalue weighted by molar-refractivity contribution is 0.0932. The summed E-state index contributed by atoms with van der Waals surface area (Å²) in [5.41, 5.74) is 1.80. The van der Waals surface area contributed by atoms with Crippen LogP contribution in [-0.4, -0.2) is 49.8 Å². The highest BCUT2D eigenvalue weighted by atomic mass is 32.2. The quantitative estimate of drug-likeness (QED) is 0.224. The monoisotopic (exact) mass is 617 g/mol. The van der Waals surface area contributed by atoms with E-state index in [0.29, 0.717) is 54.9 Å². The summed E-state index contributed by atoms with van der Waals surface area (Å²) < 4.78 is 34.8. The molecule has 12 heteroatoms. The van der Waals surface area contributed by atoms with Crippen LogP contribution in [0.15, 0.2) is 94.6 Å². The zero-order valence-corrected chi connectivity index (χ0v) is 25.3. The number of hydrogen-bond acceptors (Lipinski definition) is 6. The molecule has 0 saturated heterocycles. The lowest BCUT2D eigenvalue weighted by Gasteiger charge is -2.41. The molecule has 4 N–H and O–H groups in total. The largest absolute Gasteiger partial charge is 0.496 e. The number of nitrogens with one attached hydrogen (secondary N) is 4. The van der Waals surface area contributed by atoms with Crippen LogP contribution in [0.2, 0.25) is 0 Å². The third-order valence-electron chi connectivity index (χ3n) is 8.06. The SMILES string of the molecule is COc1ccccc1C(=O)NCC1(c2ccccc2)CCC(NC(=O)NS(=O)(=O)c2cccc(-n3[nH]c(C)cc3=O)c2)CC1. The van der Waals surface area contributed by atoms with Gasteiger partial charge in [0.1, 0.15) is 5.75 Å². The Balaban J connectivity index is 1.23. The Bertz CT molecular complexity index is 1810. The van der Waals surface area contributed by atoms with E-state index < -0.39 is 16.1 Å². The minimum atomic E-state index is -4.21. The molecule has 3 amide bonds. The number of aryl methyl sites for hydroxylation is 1. The summed E-state index contributed by atoms with van der Waals surface area (Å²) in [5.74, 6) is 0.260. The van der Waals surface area contributed by atoms with E-state index >= 15 is 0 Å². The normalized spacial score (nSPS) is 18.3. The van der Waals surface area contributed by atoms with Crippen molar-refractivity contribution in [1.82, 2.24) is 25.1 Å². The summed E-state index contributed by atoms with van der Waals surface area (Å²) in [7, 11) is -2.69. The Morgan fingerprint density at radius 1 is 0.977 bits per heavy atom. The highest BCUT2D eigenvalue weighted by Gasteiger charge is 2.38. The molecule has 0 spiro atoms. The van der Waals surface area contributed by atoms with E-state index in [0.717, 1.165) is 5.56 Å². The summed E-state index contributed by atoms with van der Waals surface area (Å²) in [5, 5.41) is 8.75. The van der Waals surface area contributed by atoms with Crippen LogP contribution < -0.4 is 25.7 Å². The Labute approximate surface area is 255 Å². The Hall–Kier alpha value is -4.84. The molecule has 1 heterocycles. The number of aromatic nitrogens is 2. The lowest BCUT2D eigenvalue weighted by Crippen LogP contribution is -2.50. The summed E-state index contributed by atoms with van der Waals surface area (Å²) in [6, 6.07) is 23.1. The molecule has 3 aromatic carbocycles. The van der Waals surface area contributed by atoms with Gasteiger partial charge >= 0.3 is 6.03 Å². The number of urea groups is 1. The number of nitrogens with zero attached hydrogens (tertiary/aromatic N) is 1. The number of methoxy groups -OCH3 is 1. The third kappa shape index (κ3) is 6.70. The molecule has 1 aliphatic rings. The van der Waals surface area contributed by atoms with Gasteiger partial charge in [0.2, 0.25) is 0 Å². The summed E-state index contributed by atoms with van der Waals surface area (Å²) >= 11 is 0. The first-order valence-electron chi connectivity index (χ1n) is 14.3. The molecule has 1 saturated carbocycles. The van der Waals surface area contributed by atoms with Crippen LogP contribution in [0.1, 0.15) is 47.3 Å². The van der Waals surface area contributed by atoms with Crippen molar-refractivity contribution in [3.63, 3.8) is 0 Å². The molecule has 0 aliphatic heterocycles. The first-order chi connectivity index (χ1) is 21.1. The van der Waals surface area contributed by atoms with Crippen LogP contribution >= 0.6 is 0 Å². The number of para-hydroxylation sites is 1. The fraction of sp³-hybridized carbons (Fsp3) is 0.281. The second-order valence-electron chi connectivity index (χ2n) is 11.0. The molecule has 0 bridgehead atoms. The van der Waals surface area contributed by atoms with Crippen molar-refractivity contribution in [2.45, 2.75) is 49.0 Å². The van der Waals surface area contributed by atoms with Gasteiger partial charge in [-0.05, 0) is 68.5 Å².